The van der Waals surface area contributed by atoms with Crippen molar-refractivity contribution in [3.8, 4) is 11.3 Å². The van der Waals surface area contributed by atoms with E-state index in [1.165, 1.54) is 12.1 Å². The van der Waals surface area contributed by atoms with Crippen molar-refractivity contribution in [2.24, 2.45) is 0 Å². The smallest absolute Gasteiger partial charge is 0.258 e. The molecule has 0 aliphatic rings. The van der Waals surface area contributed by atoms with Gasteiger partial charge in [0.15, 0.2) is 0 Å². The third-order valence-electron chi connectivity index (χ3n) is 3.72. The summed E-state index contributed by atoms with van der Waals surface area (Å²) in [6.07, 6.45) is 0. The zero-order valence-electron chi connectivity index (χ0n) is 13.5. The van der Waals surface area contributed by atoms with Gasteiger partial charge in [-0.25, -0.2) is 4.39 Å². The second-order valence-corrected chi connectivity index (χ2v) is 5.87. The molecule has 0 saturated carbocycles. The van der Waals surface area contributed by atoms with Crippen LogP contribution in [0.3, 0.4) is 0 Å². The fraction of sp³-hybridized carbons (Fsp3) is 0.150. The molecule has 2 aromatic carbocycles. The predicted octanol–water partition coefficient (Wildman–Crippen LogP) is 5.46. The Kier molecular flexibility index (Phi) is 4.47. The highest BCUT2D eigenvalue weighted by Crippen LogP contribution is 2.28. The van der Waals surface area contributed by atoms with Gasteiger partial charge >= 0.3 is 0 Å². The van der Waals surface area contributed by atoms with Crippen molar-refractivity contribution in [3.05, 3.63) is 77.8 Å². The van der Waals surface area contributed by atoms with E-state index in [0.29, 0.717) is 11.6 Å². The van der Waals surface area contributed by atoms with Crippen molar-refractivity contribution in [1.29, 1.82) is 0 Å². The molecule has 24 heavy (non-hydrogen) atoms. The van der Waals surface area contributed by atoms with Crippen LogP contribution in [0.4, 0.5) is 10.1 Å². The van der Waals surface area contributed by atoms with Crippen LogP contribution in [0, 0.1) is 5.82 Å². The SMILES string of the molecule is CC(C)c1ccc(-c2cccc(NC(=O)c3ccccc3F)c2)o1. The first-order valence-corrected chi connectivity index (χ1v) is 7.80. The van der Waals surface area contributed by atoms with Gasteiger partial charge in [-0.15, -0.1) is 0 Å². The molecule has 1 N–H and O–H groups in total. The Balaban J connectivity index is 1.83. The molecule has 0 spiro atoms. The molecule has 122 valence electrons. The van der Waals surface area contributed by atoms with E-state index in [1.807, 2.05) is 30.3 Å². The minimum atomic E-state index is -0.543. The molecule has 4 heteroatoms. The number of amides is 1. The lowest BCUT2D eigenvalue weighted by Crippen LogP contribution is -2.13. The van der Waals surface area contributed by atoms with Gasteiger partial charge < -0.3 is 9.73 Å². The Morgan fingerprint density at radius 1 is 1.04 bits per heavy atom. The quantitative estimate of drug-likeness (QED) is 0.692. The Labute approximate surface area is 140 Å². The summed E-state index contributed by atoms with van der Waals surface area (Å²) in [7, 11) is 0. The molecule has 0 unspecified atom stereocenters. The summed E-state index contributed by atoms with van der Waals surface area (Å²) in [5, 5.41) is 2.72. The average Bonchev–Trinajstić information content (AvgIpc) is 3.06. The predicted molar refractivity (Wildman–Crippen MR) is 92.6 cm³/mol. The fourth-order valence-corrected chi connectivity index (χ4v) is 2.41. The molecule has 0 atom stereocenters. The van der Waals surface area contributed by atoms with Crippen molar-refractivity contribution in [3.63, 3.8) is 0 Å². The van der Waals surface area contributed by atoms with Crippen molar-refractivity contribution in [1.82, 2.24) is 0 Å². The Hall–Kier alpha value is -2.88. The minimum Gasteiger partial charge on any atom is -0.461 e. The molecule has 1 amide bonds. The summed E-state index contributed by atoms with van der Waals surface area (Å²) in [6.45, 7) is 4.13. The zero-order chi connectivity index (χ0) is 17.1. The zero-order valence-corrected chi connectivity index (χ0v) is 13.5. The van der Waals surface area contributed by atoms with Gasteiger partial charge in [0, 0.05) is 17.2 Å². The van der Waals surface area contributed by atoms with E-state index in [-0.39, 0.29) is 5.56 Å². The van der Waals surface area contributed by atoms with Crippen LogP contribution in [0.15, 0.2) is 65.1 Å². The van der Waals surface area contributed by atoms with Crippen LogP contribution in [-0.2, 0) is 0 Å². The van der Waals surface area contributed by atoms with E-state index < -0.39 is 11.7 Å². The molecule has 0 aliphatic carbocycles. The lowest BCUT2D eigenvalue weighted by atomic mass is 10.1. The molecular weight excluding hydrogens is 305 g/mol. The lowest BCUT2D eigenvalue weighted by molar-refractivity contribution is 0.102. The number of hydrogen-bond donors (Lipinski definition) is 1. The summed E-state index contributed by atoms with van der Waals surface area (Å²) in [5.41, 5.74) is 1.46. The summed E-state index contributed by atoms with van der Waals surface area (Å²) < 4.78 is 19.5. The van der Waals surface area contributed by atoms with E-state index >= 15 is 0 Å². The number of anilines is 1. The van der Waals surface area contributed by atoms with Crippen LogP contribution >= 0.6 is 0 Å². The summed E-state index contributed by atoms with van der Waals surface area (Å²) >= 11 is 0. The van der Waals surface area contributed by atoms with Gasteiger partial charge in [0.05, 0.1) is 5.56 Å². The van der Waals surface area contributed by atoms with Crippen molar-refractivity contribution < 1.29 is 13.6 Å². The Bertz CT molecular complexity index is 867. The number of carbonyl (C=O) groups excluding carboxylic acids is 1. The van der Waals surface area contributed by atoms with Crippen LogP contribution in [0.1, 0.15) is 35.9 Å². The van der Waals surface area contributed by atoms with Crippen LogP contribution < -0.4 is 5.32 Å². The number of carbonyl (C=O) groups is 1. The van der Waals surface area contributed by atoms with Crippen LogP contribution in [0.25, 0.3) is 11.3 Å². The summed E-state index contributed by atoms with van der Waals surface area (Å²) in [5.74, 6) is 0.931. The summed E-state index contributed by atoms with van der Waals surface area (Å²) in [4.78, 5) is 12.2. The Morgan fingerprint density at radius 3 is 2.54 bits per heavy atom. The number of benzene rings is 2. The average molecular weight is 323 g/mol. The van der Waals surface area contributed by atoms with Gasteiger partial charge in [0.25, 0.3) is 5.91 Å². The van der Waals surface area contributed by atoms with E-state index in [4.69, 9.17) is 4.42 Å². The summed E-state index contributed by atoms with van der Waals surface area (Å²) in [6, 6.07) is 17.1. The highest BCUT2D eigenvalue weighted by atomic mass is 19.1. The number of hydrogen-bond acceptors (Lipinski definition) is 2. The third kappa shape index (κ3) is 3.38. The number of nitrogens with one attached hydrogen (secondary N) is 1. The molecule has 1 heterocycles. The second-order valence-electron chi connectivity index (χ2n) is 5.87. The second kappa shape index (κ2) is 6.71. The first-order valence-electron chi connectivity index (χ1n) is 7.80. The maximum atomic E-state index is 13.7. The molecule has 0 fully saturated rings. The number of furan rings is 1. The number of halogens is 1. The lowest BCUT2D eigenvalue weighted by Gasteiger charge is -2.07. The Morgan fingerprint density at radius 2 is 1.83 bits per heavy atom. The van der Waals surface area contributed by atoms with E-state index in [0.717, 1.165) is 17.1 Å². The normalized spacial score (nSPS) is 10.8. The van der Waals surface area contributed by atoms with Gasteiger partial charge in [-0.1, -0.05) is 38.1 Å². The largest absolute Gasteiger partial charge is 0.461 e. The van der Waals surface area contributed by atoms with Gasteiger partial charge in [0.1, 0.15) is 17.3 Å². The van der Waals surface area contributed by atoms with Gasteiger partial charge in [-0.2, -0.15) is 0 Å². The first kappa shape index (κ1) is 16.0. The maximum absolute atomic E-state index is 13.7. The van der Waals surface area contributed by atoms with Crippen LogP contribution in [-0.4, -0.2) is 5.91 Å². The molecular formula is C20H18FNO2. The maximum Gasteiger partial charge on any atom is 0.258 e. The van der Waals surface area contributed by atoms with E-state index in [1.54, 1.807) is 18.2 Å². The fourth-order valence-electron chi connectivity index (χ4n) is 2.41. The third-order valence-corrected chi connectivity index (χ3v) is 3.72. The van der Waals surface area contributed by atoms with E-state index in [2.05, 4.69) is 19.2 Å². The van der Waals surface area contributed by atoms with Crippen molar-refractivity contribution >= 4 is 11.6 Å². The highest BCUT2D eigenvalue weighted by molar-refractivity contribution is 6.04. The number of rotatable bonds is 4. The van der Waals surface area contributed by atoms with Crippen LogP contribution in [0.5, 0.6) is 0 Å². The molecule has 1 aromatic heterocycles. The van der Waals surface area contributed by atoms with Gasteiger partial charge in [0.2, 0.25) is 0 Å². The minimum absolute atomic E-state index is 0.0167. The molecule has 0 radical (unpaired) electrons. The standard InChI is InChI=1S/C20H18FNO2/c1-13(2)18-10-11-19(24-18)14-6-5-7-15(12-14)22-20(23)16-8-3-4-9-17(16)21/h3-13H,1-2H3,(H,22,23). The van der Waals surface area contributed by atoms with E-state index in [9.17, 15) is 9.18 Å². The van der Waals surface area contributed by atoms with Gasteiger partial charge in [-0.3, -0.25) is 4.79 Å². The molecule has 0 saturated heterocycles. The highest BCUT2D eigenvalue weighted by Gasteiger charge is 2.12. The topological polar surface area (TPSA) is 42.2 Å². The molecule has 3 rings (SSSR count). The van der Waals surface area contributed by atoms with Gasteiger partial charge in [-0.05, 0) is 36.4 Å². The first-order chi connectivity index (χ1) is 11.5. The molecule has 0 bridgehead atoms. The monoisotopic (exact) mass is 323 g/mol. The van der Waals surface area contributed by atoms with Crippen molar-refractivity contribution in [2.75, 3.05) is 5.32 Å². The molecule has 3 nitrogen and oxygen atoms in total. The molecule has 3 aromatic rings. The van der Waals surface area contributed by atoms with Crippen LogP contribution in [0.2, 0.25) is 0 Å². The van der Waals surface area contributed by atoms with Crippen molar-refractivity contribution in [2.45, 2.75) is 19.8 Å². The molecule has 0 aliphatic heterocycles.